The lowest BCUT2D eigenvalue weighted by atomic mass is 9.82. The molecule has 0 bridgehead atoms. The van der Waals surface area contributed by atoms with Crippen LogP contribution >= 0.6 is 0 Å². The van der Waals surface area contributed by atoms with Crippen LogP contribution in [0.2, 0.25) is 0 Å². The van der Waals surface area contributed by atoms with Gasteiger partial charge in [0.15, 0.2) is 17.5 Å². The highest BCUT2D eigenvalue weighted by molar-refractivity contribution is 5.91. The Morgan fingerprint density at radius 2 is 0.941 bits per heavy atom. The SMILES string of the molecule is CC1(C)CC(C)(C)c2cc(-c3ccc4ccc(-c5nc(-c6ccccc6)nc(-c6cccc(-c7ccc8ccccc8n7)c6)n5)cc4c3)ccc21. The first-order valence-electron chi connectivity index (χ1n) is 17.7. The second-order valence-electron chi connectivity index (χ2n) is 15.1. The van der Waals surface area contributed by atoms with Gasteiger partial charge in [-0.25, -0.2) is 19.9 Å². The topological polar surface area (TPSA) is 51.6 Å². The molecule has 2 aromatic heterocycles. The zero-order chi connectivity index (χ0) is 34.7. The number of benzene rings is 6. The minimum atomic E-state index is 0.150. The molecule has 0 spiro atoms. The lowest BCUT2D eigenvalue weighted by Gasteiger charge is -2.22. The van der Waals surface area contributed by atoms with Gasteiger partial charge in [0.05, 0.1) is 11.2 Å². The molecule has 6 aromatic carbocycles. The minimum absolute atomic E-state index is 0.150. The largest absolute Gasteiger partial charge is 0.248 e. The summed E-state index contributed by atoms with van der Waals surface area (Å²) in [6.45, 7) is 9.49. The van der Waals surface area contributed by atoms with E-state index in [-0.39, 0.29) is 10.8 Å². The first-order valence-corrected chi connectivity index (χ1v) is 17.7. The van der Waals surface area contributed by atoms with Gasteiger partial charge in [-0.1, -0.05) is 143 Å². The van der Waals surface area contributed by atoms with E-state index < -0.39 is 0 Å². The molecule has 8 aromatic rings. The zero-order valence-corrected chi connectivity index (χ0v) is 29.4. The maximum atomic E-state index is 5.10. The summed E-state index contributed by atoms with van der Waals surface area (Å²) in [6.07, 6.45) is 1.16. The number of pyridine rings is 1. The summed E-state index contributed by atoms with van der Waals surface area (Å²) in [5, 5.41) is 3.45. The molecule has 4 heteroatoms. The van der Waals surface area contributed by atoms with E-state index in [1.807, 2.05) is 54.6 Å². The first kappa shape index (κ1) is 31.0. The van der Waals surface area contributed by atoms with Crippen molar-refractivity contribution < 1.29 is 0 Å². The molecular weight excluding hydrogens is 621 g/mol. The molecule has 9 rings (SSSR count). The van der Waals surface area contributed by atoms with Crippen LogP contribution in [0.1, 0.15) is 45.2 Å². The summed E-state index contributed by atoms with van der Waals surface area (Å²) < 4.78 is 0. The van der Waals surface area contributed by atoms with Crippen molar-refractivity contribution in [3.8, 4) is 56.5 Å². The Morgan fingerprint density at radius 3 is 1.75 bits per heavy atom. The summed E-state index contributed by atoms with van der Waals surface area (Å²) in [4.78, 5) is 20.1. The molecule has 0 saturated heterocycles. The third kappa shape index (κ3) is 5.67. The normalized spacial score (nSPS) is 14.5. The lowest BCUT2D eigenvalue weighted by Crippen LogP contribution is -2.17. The van der Waals surface area contributed by atoms with E-state index in [4.69, 9.17) is 19.9 Å². The van der Waals surface area contributed by atoms with Gasteiger partial charge in [0.25, 0.3) is 0 Å². The molecule has 0 atom stereocenters. The van der Waals surface area contributed by atoms with Crippen molar-refractivity contribution in [2.45, 2.75) is 44.9 Å². The van der Waals surface area contributed by atoms with Gasteiger partial charge >= 0.3 is 0 Å². The molecule has 0 amide bonds. The van der Waals surface area contributed by atoms with E-state index in [1.165, 1.54) is 27.6 Å². The van der Waals surface area contributed by atoms with Crippen LogP contribution in [0.15, 0.2) is 146 Å². The van der Waals surface area contributed by atoms with Crippen molar-refractivity contribution in [2.75, 3.05) is 0 Å². The van der Waals surface area contributed by atoms with Gasteiger partial charge in [0.1, 0.15) is 0 Å². The van der Waals surface area contributed by atoms with Crippen molar-refractivity contribution in [2.24, 2.45) is 0 Å². The molecule has 51 heavy (non-hydrogen) atoms. The van der Waals surface area contributed by atoms with Gasteiger partial charge in [-0.3, -0.25) is 0 Å². The molecule has 0 unspecified atom stereocenters. The minimum Gasteiger partial charge on any atom is -0.248 e. The molecule has 0 fully saturated rings. The Balaban J connectivity index is 1.14. The van der Waals surface area contributed by atoms with Crippen LogP contribution in [0.3, 0.4) is 0 Å². The van der Waals surface area contributed by atoms with E-state index >= 15 is 0 Å². The maximum Gasteiger partial charge on any atom is 0.164 e. The Bertz CT molecular complexity index is 2620. The highest BCUT2D eigenvalue weighted by atomic mass is 15.0. The number of fused-ring (bicyclic) bond motifs is 3. The second-order valence-corrected chi connectivity index (χ2v) is 15.1. The monoisotopic (exact) mass is 658 g/mol. The summed E-state index contributed by atoms with van der Waals surface area (Å²) in [6, 6.07) is 51.2. The van der Waals surface area contributed by atoms with E-state index in [9.17, 15) is 0 Å². The van der Waals surface area contributed by atoms with Crippen LogP contribution in [0.4, 0.5) is 0 Å². The summed E-state index contributed by atoms with van der Waals surface area (Å²) in [5.41, 5.74) is 11.4. The molecule has 0 saturated carbocycles. The number of aromatic nitrogens is 4. The van der Waals surface area contributed by atoms with Crippen molar-refractivity contribution in [3.63, 3.8) is 0 Å². The lowest BCUT2D eigenvalue weighted by molar-refractivity contribution is 0.403. The average molecular weight is 659 g/mol. The standard InChI is InChI=1S/C47H38N4/c1-46(2)29-47(3,4)40-28-34(21-23-39(40)46)33-19-17-30-18-20-37(27-38(30)25-33)45-50-43(32-12-6-5-7-13-32)49-44(51-45)36-15-10-14-35(26-36)42-24-22-31-11-8-9-16-41(31)48-42/h5-28H,29H2,1-4H3. The molecule has 0 radical (unpaired) electrons. The molecule has 1 aliphatic rings. The second kappa shape index (κ2) is 11.8. The van der Waals surface area contributed by atoms with Gasteiger partial charge in [-0.2, -0.15) is 0 Å². The van der Waals surface area contributed by atoms with Crippen LogP contribution < -0.4 is 0 Å². The molecule has 1 aliphatic carbocycles. The predicted molar refractivity (Wildman–Crippen MR) is 210 cm³/mol. The van der Waals surface area contributed by atoms with Gasteiger partial charge in [-0.05, 0) is 80.6 Å². The number of nitrogens with zero attached hydrogens (tertiary/aromatic N) is 4. The molecular formula is C47H38N4. The van der Waals surface area contributed by atoms with Crippen molar-refractivity contribution in [1.29, 1.82) is 0 Å². The van der Waals surface area contributed by atoms with E-state index in [0.717, 1.165) is 50.7 Å². The average Bonchev–Trinajstić information content (AvgIpc) is 3.36. The fourth-order valence-electron chi connectivity index (χ4n) is 8.13. The van der Waals surface area contributed by atoms with Gasteiger partial charge < -0.3 is 0 Å². The quantitative estimate of drug-likeness (QED) is 0.185. The fourth-order valence-corrected chi connectivity index (χ4v) is 8.13. The van der Waals surface area contributed by atoms with Crippen molar-refractivity contribution in [3.05, 3.63) is 157 Å². The van der Waals surface area contributed by atoms with Crippen molar-refractivity contribution in [1.82, 2.24) is 19.9 Å². The number of rotatable bonds is 5. The molecule has 0 N–H and O–H groups in total. The first-order chi connectivity index (χ1) is 24.7. The summed E-state index contributed by atoms with van der Waals surface area (Å²) >= 11 is 0. The van der Waals surface area contributed by atoms with Gasteiger partial charge in [0, 0.05) is 27.6 Å². The Labute approximate surface area is 299 Å². The zero-order valence-electron chi connectivity index (χ0n) is 29.4. The Kier molecular flexibility index (Phi) is 7.18. The molecule has 246 valence electrons. The summed E-state index contributed by atoms with van der Waals surface area (Å²) in [5.74, 6) is 1.91. The van der Waals surface area contributed by atoms with E-state index in [1.54, 1.807) is 0 Å². The fraction of sp³-hybridized carbons (Fsp3) is 0.149. The van der Waals surface area contributed by atoms with Crippen LogP contribution in [0, 0.1) is 0 Å². The van der Waals surface area contributed by atoms with Crippen LogP contribution in [-0.2, 0) is 10.8 Å². The number of hydrogen-bond donors (Lipinski definition) is 0. The van der Waals surface area contributed by atoms with Crippen molar-refractivity contribution >= 4 is 21.7 Å². The third-order valence-corrected chi connectivity index (χ3v) is 10.5. The number of hydrogen-bond acceptors (Lipinski definition) is 4. The molecule has 4 nitrogen and oxygen atoms in total. The van der Waals surface area contributed by atoms with Crippen LogP contribution in [-0.4, -0.2) is 19.9 Å². The number of para-hydroxylation sites is 1. The molecule has 0 aliphatic heterocycles. The third-order valence-electron chi connectivity index (χ3n) is 10.5. The van der Waals surface area contributed by atoms with Gasteiger partial charge in [0.2, 0.25) is 0 Å². The van der Waals surface area contributed by atoms with E-state index in [0.29, 0.717) is 17.5 Å². The Hall–Kier alpha value is -6.00. The van der Waals surface area contributed by atoms with Crippen LogP contribution in [0.25, 0.3) is 78.2 Å². The molecule has 2 heterocycles. The highest BCUT2D eigenvalue weighted by Gasteiger charge is 2.41. The van der Waals surface area contributed by atoms with Crippen LogP contribution in [0.5, 0.6) is 0 Å². The Morgan fingerprint density at radius 1 is 0.373 bits per heavy atom. The summed E-state index contributed by atoms with van der Waals surface area (Å²) in [7, 11) is 0. The van der Waals surface area contributed by atoms with Gasteiger partial charge in [-0.15, -0.1) is 0 Å². The smallest absolute Gasteiger partial charge is 0.164 e. The maximum absolute atomic E-state index is 5.10. The highest BCUT2D eigenvalue weighted by Crippen LogP contribution is 2.50. The predicted octanol–water partition coefficient (Wildman–Crippen LogP) is 11.9. The van der Waals surface area contributed by atoms with E-state index in [2.05, 4.69) is 119 Å².